The Bertz CT molecular complexity index is 1230. The lowest BCUT2D eigenvalue weighted by atomic mass is 10.0. The summed E-state index contributed by atoms with van der Waals surface area (Å²) in [7, 11) is 0. The van der Waals surface area contributed by atoms with Crippen molar-refractivity contribution in [1.29, 1.82) is 0 Å². The number of carbonyl (C=O) groups is 2. The fraction of sp³-hybridized carbons (Fsp3) is 0.417. The van der Waals surface area contributed by atoms with Gasteiger partial charge in [-0.15, -0.1) is 11.3 Å². The molecule has 0 saturated heterocycles. The molecule has 0 fully saturated rings. The topological polar surface area (TPSA) is 90.3 Å². The van der Waals surface area contributed by atoms with Crippen LogP contribution in [-0.2, 0) is 9.53 Å². The summed E-state index contributed by atoms with van der Waals surface area (Å²) in [5, 5.41) is 3.29. The first-order valence-corrected chi connectivity index (χ1v) is 11.4. The molecular weight excluding hydrogens is 426 g/mol. The van der Waals surface area contributed by atoms with Crippen LogP contribution < -0.4 is 10.9 Å². The predicted molar refractivity (Wildman–Crippen MR) is 128 cm³/mol. The number of hydrogen-bond donors (Lipinski definition) is 1. The predicted octanol–water partition coefficient (Wildman–Crippen LogP) is 4.70. The van der Waals surface area contributed by atoms with E-state index in [4.69, 9.17) is 4.74 Å². The lowest BCUT2D eigenvalue weighted by Gasteiger charge is -2.18. The van der Waals surface area contributed by atoms with Crippen molar-refractivity contribution in [2.24, 2.45) is 5.92 Å². The Kier molecular flexibility index (Phi) is 6.83. The molecule has 3 aromatic rings. The number of ether oxygens (including phenoxy) is 1. The average molecular weight is 456 g/mol. The molecular formula is C24H29N3O4S. The number of nitrogens with one attached hydrogen (secondary N) is 1. The summed E-state index contributed by atoms with van der Waals surface area (Å²) >= 11 is 1.13. The van der Waals surface area contributed by atoms with E-state index < -0.39 is 12.0 Å². The number of aromatic nitrogens is 2. The molecule has 0 bridgehead atoms. The molecule has 1 atom stereocenters. The van der Waals surface area contributed by atoms with Gasteiger partial charge >= 0.3 is 5.97 Å². The van der Waals surface area contributed by atoms with Crippen LogP contribution in [-0.4, -0.2) is 28.0 Å². The van der Waals surface area contributed by atoms with Crippen molar-refractivity contribution in [1.82, 2.24) is 9.55 Å². The zero-order valence-electron chi connectivity index (χ0n) is 19.5. The lowest BCUT2D eigenvalue weighted by molar-refractivity contribution is -0.118. The zero-order valence-corrected chi connectivity index (χ0v) is 20.3. The van der Waals surface area contributed by atoms with E-state index in [-0.39, 0.29) is 17.4 Å². The number of esters is 1. The van der Waals surface area contributed by atoms with E-state index in [1.807, 2.05) is 46.8 Å². The molecule has 170 valence electrons. The second-order valence-electron chi connectivity index (χ2n) is 8.62. The van der Waals surface area contributed by atoms with E-state index in [2.05, 4.69) is 10.3 Å². The minimum atomic E-state index is -0.782. The number of rotatable bonds is 6. The van der Waals surface area contributed by atoms with Crippen molar-refractivity contribution >= 4 is 39.1 Å². The smallest absolute Gasteiger partial charge is 0.348 e. The highest BCUT2D eigenvalue weighted by molar-refractivity contribution is 7.20. The summed E-state index contributed by atoms with van der Waals surface area (Å²) < 4.78 is 6.63. The van der Waals surface area contributed by atoms with Gasteiger partial charge in [0.25, 0.3) is 5.56 Å². The monoisotopic (exact) mass is 455 g/mol. The van der Waals surface area contributed by atoms with Gasteiger partial charge in [-0.2, -0.15) is 0 Å². The molecule has 0 radical (unpaired) electrons. The molecule has 7 nitrogen and oxygen atoms in total. The van der Waals surface area contributed by atoms with E-state index in [1.165, 1.54) is 10.9 Å². The molecule has 0 aliphatic rings. The van der Waals surface area contributed by atoms with Gasteiger partial charge in [-0.1, -0.05) is 31.5 Å². The van der Waals surface area contributed by atoms with Crippen LogP contribution in [0.2, 0.25) is 0 Å². The molecule has 1 unspecified atom stereocenters. The van der Waals surface area contributed by atoms with Crippen molar-refractivity contribution in [3.8, 4) is 0 Å². The van der Waals surface area contributed by atoms with Gasteiger partial charge in [0.05, 0.1) is 18.3 Å². The maximum atomic E-state index is 13.2. The van der Waals surface area contributed by atoms with Crippen LogP contribution in [0.4, 0.5) is 5.69 Å². The SMILES string of the molecule is Cc1cc(C)c(NC(=O)C(C)n2cnc3sc(C(=O)OCC(C)C)c(C)c3c2=O)c(C)c1. The van der Waals surface area contributed by atoms with Crippen LogP contribution in [0.3, 0.4) is 0 Å². The van der Waals surface area contributed by atoms with E-state index in [1.54, 1.807) is 13.8 Å². The lowest BCUT2D eigenvalue weighted by Crippen LogP contribution is -2.32. The zero-order chi connectivity index (χ0) is 23.7. The number of benzene rings is 1. The minimum absolute atomic E-state index is 0.212. The second-order valence-corrected chi connectivity index (χ2v) is 9.62. The second kappa shape index (κ2) is 9.24. The molecule has 32 heavy (non-hydrogen) atoms. The molecule has 2 aromatic heterocycles. The summed E-state index contributed by atoms with van der Waals surface area (Å²) in [6, 6.07) is 3.22. The largest absolute Gasteiger partial charge is 0.461 e. The Morgan fingerprint density at radius 2 is 1.75 bits per heavy atom. The first-order valence-electron chi connectivity index (χ1n) is 10.6. The Balaban J connectivity index is 1.93. The van der Waals surface area contributed by atoms with Gasteiger partial charge in [0, 0.05) is 5.69 Å². The first-order chi connectivity index (χ1) is 15.0. The third-order valence-corrected chi connectivity index (χ3v) is 6.51. The van der Waals surface area contributed by atoms with Gasteiger partial charge in [0.2, 0.25) is 5.91 Å². The fourth-order valence-electron chi connectivity index (χ4n) is 3.65. The molecule has 3 rings (SSSR count). The first kappa shape index (κ1) is 23.7. The molecule has 1 aromatic carbocycles. The molecule has 0 spiro atoms. The molecule has 0 aliphatic carbocycles. The normalized spacial score (nSPS) is 12.2. The van der Waals surface area contributed by atoms with Gasteiger partial charge in [-0.3, -0.25) is 14.2 Å². The van der Waals surface area contributed by atoms with Crippen molar-refractivity contribution in [3.05, 3.63) is 55.9 Å². The van der Waals surface area contributed by atoms with Crippen molar-refractivity contribution in [2.75, 3.05) is 11.9 Å². The van der Waals surface area contributed by atoms with Gasteiger partial charge < -0.3 is 10.1 Å². The highest BCUT2D eigenvalue weighted by atomic mass is 32.1. The number of amides is 1. The Labute approximate surface area is 191 Å². The maximum absolute atomic E-state index is 13.2. The van der Waals surface area contributed by atoms with Gasteiger partial charge in [-0.05, 0) is 57.2 Å². The van der Waals surface area contributed by atoms with Crippen molar-refractivity contribution < 1.29 is 14.3 Å². The molecule has 0 saturated carbocycles. The van der Waals surface area contributed by atoms with E-state index in [9.17, 15) is 14.4 Å². The van der Waals surface area contributed by atoms with E-state index in [0.29, 0.717) is 27.3 Å². The quantitative estimate of drug-likeness (QED) is 0.544. The Morgan fingerprint density at radius 1 is 1.12 bits per heavy atom. The number of anilines is 1. The van der Waals surface area contributed by atoms with Gasteiger partial charge in [0.1, 0.15) is 15.7 Å². The maximum Gasteiger partial charge on any atom is 0.348 e. The van der Waals surface area contributed by atoms with Crippen molar-refractivity contribution in [2.45, 2.75) is 54.5 Å². The Morgan fingerprint density at radius 3 is 2.34 bits per heavy atom. The molecule has 1 amide bonds. The third kappa shape index (κ3) is 4.60. The van der Waals surface area contributed by atoms with Crippen LogP contribution in [0.1, 0.15) is 58.7 Å². The van der Waals surface area contributed by atoms with E-state index >= 15 is 0 Å². The number of thiophene rings is 1. The summed E-state index contributed by atoms with van der Waals surface area (Å²) in [6.07, 6.45) is 1.36. The number of nitrogens with zero attached hydrogens (tertiary/aromatic N) is 2. The van der Waals surface area contributed by atoms with Gasteiger partial charge in [0.15, 0.2) is 0 Å². The summed E-state index contributed by atoms with van der Waals surface area (Å²) in [4.78, 5) is 43.8. The summed E-state index contributed by atoms with van der Waals surface area (Å²) in [5.41, 5.74) is 3.96. The highest BCUT2D eigenvalue weighted by Gasteiger charge is 2.24. The highest BCUT2D eigenvalue weighted by Crippen LogP contribution is 2.28. The molecule has 8 heteroatoms. The standard InChI is InChI=1S/C24H29N3O4S/c1-12(2)10-31-24(30)20-16(6)18-22(32-20)25-11-27(23(18)29)17(7)21(28)26-19-14(4)8-13(3)9-15(19)5/h8-9,11-12,17H,10H2,1-7H3,(H,26,28). The van der Waals surface area contributed by atoms with E-state index in [0.717, 1.165) is 33.7 Å². The van der Waals surface area contributed by atoms with Crippen LogP contribution in [0.5, 0.6) is 0 Å². The van der Waals surface area contributed by atoms with Gasteiger partial charge in [-0.25, -0.2) is 9.78 Å². The minimum Gasteiger partial charge on any atom is -0.461 e. The summed E-state index contributed by atoms with van der Waals surface area (Å²) in [5.74, 6) is -0.557. The summed E-state index contributed by atoms with van der Waals surface area (Å²) in [6.45, 7) is 13.5. The van der Waals surface area contributed by atoms with Crippen LogP contribution in [0.25, 0.3) is 10.2 Å². The molecule has 0 aliphatic heterocycles. The van der Waals surface area contributed by atoms with Crippen LogP contribution in [0, 0.1) is 33.6 Å². The third-order valence-electron chi connectivity index (χ3n) is 5.33. The average Bonchev–Trinajstić information content (AvgIpc) is 3.05. The number of carbonyl (C=O) groups excluding carboxylic acids is 2. The number of fused-ring (bicyclic) bond motifs is 1. The molecule has 2 heterocycles. The van der Waals surface area contributed by atoms with Crippen LogP contribution in [0.15, 0.2) is 23.3 Å². The number of aryl methyl sites for hydroxylation is 4. The molecule has 1 N–H and O–H groups in total. The number of hydrogen-bond acceptors (Lipinski definition) is 6. The fourth-order valence-corrected chi connectivity index (χ4v) is 4.68. The van der Waals surface area contributed by atoms with Crippen LogP contribution >= 0.6 is 11.3 Å². The Hall–Kier alpha value is -3.00. The van der Waals surface area contributed by atoms with Crippen molar-refractivity contribution in [3.63, 3.8) is 0 Å².